The third-order valence-electron chi connectivity index (χ3n) is 11.0. The molecule has 0 bridgehead atoms. The van der Waals surface area contributed by atoms with Crippen molar-refractivity contribution in [2.45, 2.75) is 99.0 Å². The average molecular weight is 513 g/mol. The predicted molar refractivity (Wildman–Crippen MR) is 140 cm³/mol. The summed E-state index contributed by atoms with van der Waals surface area (Å²) in [5.41, 5.74) is 2.08. The molecule has 4 aliphatic rings. The van der Waals surface area contributed by atoms with Gasteiger partial charge in [-0.3, -0.25) is 19.2 Å². The SMILES string of the molecule is C=C(CC[C@@H](C)[C@H]1CC[C@H]2C3=C(C(=O)C[C@]12C)[C@@]1(C)CCC(=O)[C@@H](C)C1C[C@H]3OC(C)=O)C(C)C(=O)O. The van der Waals surface area contributed by atoms with Gasteiger partial charge < -0.3 is 9.84 Å². The highest BCUT2D eigenvalue weighted by molar-refractivity contribution is 6.00. The minimum Gasteiger partial charge on any atom is -0.481 e. The second-order valence-electron chi connectivity index (χ2n) is 13.0. The van der Waals surface area contributed by atoms with E-state index in [-0.39, 0.29) is 46.1 Å². The van der Waals surface area contributed by atoms with E-state index < -0.39 is 18.0 Å². The van der Waals surface area contributed by atoms with Crippen molar-refractivity contribution in [3.63, 3.8) is 0 Å². The van der Waals surface area contributed by atoms with Crippen LogP contribution < -0.4 is 0 Å². The topological polar surface area (TPSA) is 97.7 Å². The van der Waals surface area contributed by atoms with Gasteiger partial charge >= 0.3 is 11.9 Å². The maximum absolute atomic E-state index is 14.1. The second kappa shape index (κ2) is 9.81. The maximum Gasteiger partial charge on any atom is 0.310 e. The number of hydrogen-bond donors (Lipinski definition) is 1. The second-order valence-corrected chi connectivity index (χ2v) is 13.0. The number of carbonyl (C=O) groups is 4. The summed E-state index contributed by atoms with van der Waals surface area (Å²) in [7, 11) is 0. The third kappa shape index (κ3) is 4.52. The molecule has 4 rings (SSSR count). The lowest BCUT2D eigenvalue weighted by Gasteiger charge is -2.56. The molecule has 6 heteroatoms. The number of Topliss-reactive ketones (excluding diaryl/α,β-unsaturated/α-hetero) is 2. The normalized spacial score (nSPS) is 38.8. The lowest BCUT2D eigenvalue weighted by molar-refractivity contribution is -0.150. The Balaban J connectivity index is 1.67. The molecule has 0 aromatic carbocycles. The molecule has 4 aliphatic carbocycles. The number of carboxylic acids is 1. The van der Waals surface area contributed by atoms with Crippen molar-refractivity contribution in [3.05, 3.63) is 23.3 Å². The van der Waals surface area contributed by atoms with E-state index in [4.69, 9.17) is 4.74 Å². The molecule has 204 valence electrons. The number of hydrogen-bond acceptors (Lipinski definition) is 5. The van der Waals surface area contributed by atoms with E-state index in [0.717, 1.165) is 36.0 Å². The molecule has 6 nitrogen and oxygen atoms in total. The molecule has 0 saturated heterocycles. The summed E-state index contributed by atoms with van der Waals surface area (Å²) in [4.78, 5) is 50.3. The molecule has 0 spiro atoms. The number of esters is 1. The molecule has 0 radical (unpaired) electrons. The number of ketones is 2. The Hall–Kier alpha value is -2.24. The molecule has 2 fully saturated rings. The van der Waals surface area contributed by atoms with E-state index in [1.165, 1.54) is 6.92 Å². The highest BCUT2D eigenvalue weighted by atomic mass is 16.5. The van der Waals surface area contributed by atoms with Gasteiger partial charge in [0.15, 0.2) is 5.78 Å². The molecule has 2 unspecified atom stereocenters. The van der Waals surface area contributed by atoms with E-state index in [1.807, 2.05) is 6.92 Å². The number of ether oxygens (including phenoxy) is 1. The number of carbonyl (C=O) groups excluding carboxylic acids is 3. The van der Waals surface area contributed by atoms with E-state index in [9.17, 15) is 24.3 Å². The zero-order chi connectivity index (χ0) is 27.4. The monoisotopic (exact) mass is 512 g/mol. The molecule has 37 heavy (non-hydrogen) atoms. The zero-order valence-corrected chi connectivity index (χ0v) is 23.4. The summed E-state index contributed by atoms with van der Waals surface area (Å²) in [5, 5.41) is 9.33. The van der Waals surface area contributed by atoms with Crippen LogP contribution in [0.3, 0.4) is 0 Å². The molecule has 0 aromatic heterocycles. The van der Waals surface area contributed by atoms with Crippen LogP contribution in [0.25, 0.3) is 0 Å². The zero-order valence-electron chi connectivity index (χ0n) is 23.4. The van der Waals surface area contributed by atoms with Crippen molar-refractivity contribution >= 4 is 23.5 Å². The van der Waals surface area contributed by atoms with Crippen molar-refractivity contribution in [3.8, 4) is 0 Å². The first kappa shape index (κ1) is 27.8. The van der Waals surface area contributed by atoms with Crippen LogP contribution in [0.5, 0.6) is 0 Å². The average Bonchev–Trinajstić information content (AvgIpc) is 3.16. The summed E-state index contributed by atoms with van der Waals surface area (Å²) < 4.78 is 5.94. The van der Waals surface area contributed by atoms with Crippen LogP contribution >= 0.6 is 0 Å². The summed E-state index contributed by atoms with van der Waals surface area (Å²) in [6.07, 6.45) is 5.28. The van der Waals surface area contributed by atoms with Crippen molar-refractivity contribution < 1.29 is 29.0 Å². The molecule has 0 heterocycles. The summed E-state index contributed by atoms with van der Waals surface area (Å²) in [5.74, 6) is -0.679. The standard InChI is InChI=1S/C31H44O6/c1-16(18(3)29(35)36)8-9-17(2)21-10-11-22-27-26(37-20(5)32)14-23-19(4)24(33)12-13-30(23,6)28(27)25(34)15-31(21,22)7/h17-19,21-23,26H,1,8-15H2,2-7H3,(H,35,36)/t17-,18?,19+,21-,22+,23?,26-,30+,31-/m1/s1. The fourth-order valence-corrected chi connectivity index (χ4v) is 8.79. The van der Waals surface area contributed by atoms with Gasteiger partial charge in [-0.25, -0.2) is 0 Å². The fourth-order valence-electron chi connectivity index (χ4n) is 8.79. The first-order chi connectivity index (χ1) is 17.2. The Morgan fingerprint density at radius 3 is 2.49 bits per heavy atom. The fraction of sp³-hybridized carbons (Fsp3) is 0.742. The van der Waals surface area contributed by atoms with Gasteiger partial charge in [0, 0.05) is 36.7 Å². The van der Waals surface area contributed by atoms with Gasteiger partial charge in [-0.05, 0) is 80.1 Å². The quantitative estimate of drug-likeness (QED) is 0.335. The van der Waals surface area contributed by atoms with E-state index in [0.29, 0.717) is 43.9 Å². The van der Waals surface area contributed by atoms with Gasteiger partial charge in [-0.2, -0.15) is 0 Å². The van der Waals surface area contributed by atoms with E-state index in [1.54, 1.807) is 6.92 Å². The summed E-state index contributed by atoms with van der Waals surface area (Å²) >= 11 is 0. The van der Waals surface area contributed by atoms with Gasteiger partial charge in [0.05, 0.1) is 5.92 Å². The Labute approximate surface area is 221 Å². The summed E-state index contributed by atoms with van der Waals surface area (Å²) in [6.45, 7) is 15.7. The Morgan fingerprint density at radius 1 is 1.19 bits per heavy atom. The van der Waals surface area contributed by atoms with Crippen LogP contribution in [0, 0.1) is 46.3 Å². The van der Waals surface area contributed by atoms with E-state index in [2.05, 4.69) is 27.4 Å². The molecule has 9 atom stereocenters. The summed E-state index contributed by atoms with van der Waals surface area (Å²) in [6, 6.07) is 0. The lowest BCUT2D eigenvalue weighted by Crippen LogP contribution is -2.54. The van der Waals surface area contributed by atoms with Crippen molar-refractivity contribution in [2.75, 3.05) is 0 Å². The molecular weight excluding hydrogens is 468 g/mol. The number of rotatable bonds is 7. The molecule has 1 N–H and O–H groups in total. The highest BCUT2D eigenvalue weighted by Gasteiger charge is 2.62. The first-order valence-electron chi connectivity index (χ1n) is 14.1. The van der Waals surface area contributed by atoms with Crippen molar-refractivity contribution in [2.24, 2.45) is 46.3 Å². The highest BCUT2D eigenvalue weighted by Crippen LogP contribution is 2.65. The predicted octanol–water partition coefficient (Wildman–Crippen LogP) is 5.94. The molecule has 2 saturated carbocycles. The third-order valence-corrected chi connectivity index (χ3v) is 11.0. The van der Waals surface area contributed by atoms with Crippen LogP contribution in [-0.4, -0.2) is 34.7 Å². The first-order valence-corrected chi connectivity index (χ1v) is 14.1. The van der Waals surface area contributed by atoms with Gasteiger partial charge in [-0.1, -0.05) is 39.8 Å². The van der Waals surface area contributed by atoms with Gasteiger partial charge in [0.25, 0.3) is 0 Å². The van der Waals surface area contributed by atoms with Gasteiger partial charge in [0.1, 0.15) is 11.9 Å². The van der Waals surface area contributed by atoms with Gasteiger partial charge in [-0.15, -0.1) is 0 Å². The number of carboxylic acid groups (broad SMARTS) is 1. The Bertz CT molecular complexity index is 1050. The maximum atomic E-state index is 14.1. The molecule has 0 aromatic rings. The van der Waals surface area contributed by atoms with Gasteiger partial charge in [0.2, 0.25) is 0 Å². The van der Waals surface area contributed by atoms with Crippen LogP contribution in [-0.2, 0) is 23.9 Å². The van der Waals surface area contributed by atoms with Crippen LogP contribution in [0.2, 0.25) is 0 Å². The molecule has 0 amide bonds. The number of aliphatic carboxylic acids is 1. The number of allylic oxidation sites excluding steroid dienone is 1. The van der Waals surface area contributed by atoms with Crippen molar-refractivity contribution in [1.82, 2.24) is 0 Å². The lowest BCUT2D eigenvalue weighted by atomic mass is 9.48. The Kier molecular flexibility index (Phi) is 7.37. The number of fused-ring (bicyclic) bond motifs is 4. The minimum atomic E-state index is -0.845. The molecular formula is C31H44O6. The largest absolute Gasteiger partial charge is 0.481 e. The van der Waals surface area contributed by atoms with Crippen LogP contribution in [0.15, 0.2) is 23.3 Å². The van der Waals surface area contributed by atoms with Crippen molar-refractivity contribution in [1.29, 1.82) is 0 Å². The van der Waals surface area contributed by atoms with Crippen LogP contribution in [0.4, 0.5) is 0 Å². The van der Waals surface area contributed by atoms with Crippen LogP contribution in [0.1, 0.15) is 92.9 Å². The smallest absolute Gasteiger partial charge is 0.310 e. The Morgan fingerprint density at radius 2 is 1.86 bits per heavy atom. The molecule has 0 aliphatic heterocycles. The minimum absolute atomic E-state index is 0.00326. The van der Waals surface area contributed by atoms with E-state index >= 15 is 0 Å².